The fourth-order valence-electron chi connectivity index (χ4n) is 4.08. The molecule has 1 heterocycles. The van der Waals surface area contributed by atoms with Crippen molar-refractivity contribution in [2.45, 2.75) is 65.3 Å². The number of methoxy groups -OCH3 is 3. The molecule has 1 aliphatic rings. The Kier molecular flexibility index (Phi) is 8.18. The molecule has 7 heteroatoms. The van der Waals surface area contributed by atoms with Crippen molar-refractivity contribution in [3.8, 4) is 28.5 Å². The van der Waals surface area contributed by atoms with Gasteiger partial charge in [0.1, 0.15) is 0 Å². The molecule has 0 unspecified atom stereocenters. The third-order valence-corrected chi connectivity index (χ3v) is 6.47. The van der Waals surface area contributed by atoms with Crippen LogP contribution in [0.3, 0.4) is 0 Å². The monoisotopic (exact) mass is 445 g/mol. The van der Waals surface area contributed by atoms with E-state index in [2.05, 4.69) is 26.2 Å². The van der Waals surface area contributed by atoms with E-state index in [0.29, 0.717) is 17.2 Å². The van der Waals surface area contributed by atoms with Crippen LogP contribution in [-0.4, -0.2) is 37.8 Å². The Bertz CT molecular complexity index is 940. The molecule has 0 spiro atoms. The number of aromatic nitrogens is 1. The first-order valence-corrected chi connectivity index (χ1v) is 12.0. The molecule has 1 aromatic carbocycles. The second kappa shape index (κ2) is 10.8. The van der Waals surface area contributed by atoms with Gasteiger partial charge in [0.25, 0.3) is 0 Å². The van der Waals surface area contributed by atoms with Crippen molar-refractivity contribution in [2.75, 3.05) is 21.3 Å². The minimum Gasteiger partial charge on any atom is -0.493 e. The van der Waals surface area contributed by atoms with Gasteiger partial charge in [-0.2, -0.15) is 5.10 Å². The average molecular weight is 446 g/mol. The predicted molar refractivity (Wildman–Crippen MR) is 128 cm³/mol. The molecular weight excluding hydrogens is 410 g/mol. The molecule has 6 nitrogen and oxygen atoms in total. The molecule has 0 aliphatic heterocycles. The molecule has 0 N–H and O–H groups in total. The van der Waals surface area contributed by atoms with Crippen molar-refractivity contribution in [3.05, 3.63) is 22.3 Å². The smallest absolute Gasteiger partial charge is 0.206 e. The SMILES string of the molecule is CCCC1CCC(=Nn2c(-c3cc(OC)c(OC)c(OC)c3)csc2=NC(C)C)CC1. The van der Waals surface area contributed by atoms with Crippen LogP contribution >= 0.6 is 11.3 Å². The maximum absolute atomic E-state index is 5.57. The van der Waals surface area contributed by atoms with Crippen LogP contribution in [0.25, 0.3) is 11.3 Å². The lowest BCUT2D eigenvalue weighted by atomic mass is 9.85. The Morgan fingerprint density at radius 2 is 1.71 bits per heavy atom. The average Bonchev–Trinajstić information content (AvgIpc) is 3.15. The molecule has 0 amide bonds. The highest BCUT2D eigenvalue weighted by molar-refractivity contribution is 7.07. The largest absolute Gasteiger partial charge is 0.493 e. The van der Waals surface area contributed by atoms with Crippen LogP contribution in [0, 0.1) is 5.92 Å². The zero-order chi connectivity index (χ0) is 22.4. The summed E-state index contributed by atoms with van der Waals surface area (Å²) in [6.07, 6.45) is 7.16. The van der Waals surface area contributed by atoms with Gasteiger partial charge in [-0.3, -0.25) is 4.99 Å². The van der Waals surface area contributed by atoms with Crippen LogP contribution in [0.4, 0.5) is 0 Å². The second-order valence-electron chi connectivity index (χ2n) is 8.25. The summed E-state index contributed by atoms with van der Waals surface area (Å²) in [5.41, 5.74) is 3.19. The molecule has 1 aromatic heterocycles. The van der Waals surface area contributed by atoms with E-state index in [-0.39, 0.29) is 6.04 Å². The summed E-state index contributed by atoms with van der Waals surface area (Å²) in [7, 11) is 4.89. The predicted octanol–water partition coefficient (Wildman–Crippen LogP) is 5.75. The molecule has 0 bridgehead atoms. The zero-order valence-electron chi connectivity index (χ0n) is 19.6. The summed E-state index contributed by atoms with van der Waals surface area (Å²) in [5.74, 6) is 2.68. The Labute approximate surface area is 189 Å². The van der Waals surface area contributed by atoms with Crippen molar-refractivity contribution in [2.24, 2.45) is 16.0 Å². The first-order valence-electron chi connectivity index (χ1n) is 11.1. The number of ether oxygens (including phenoxy) is 3. The Morgan fingerprint density at radius 1 is 1.06 bits per heavy atom. The van der Waals surface area contributed by atoms with E-state index in [0.717, 1.165) is 34.8 Å². The van der Waals surface area contributed by atoms with Gasteiger partial charge in [0, 0.05) is 22.7 Å². The van der Waals surface area contributed by atoms with Gasteiger partial charge in [0.05, 0.1) is 27.0 Å². The molecule has 1 fully saturated rings. The fraction of sp³-hybridized carbons (Fsp3) is 0.583. The summed E-state index contributed by atoms with van der Waals surface area (Å²) >= 11 is 1.61. The van der Waals surface area contributed by atoms with E-state index >= 15 is 0 Å². The maximum atomic E-state index is 5.57. The molecule has 1 aliphatic carbocycles. The second-order valence-corrected chi connectivity index (χ2v) is 9.09. The van der Waals surface area contributed by atoms with Crippen LogP contribution in [-0.2, 0) is 0 Å². The Morgan fingerprint density at radius 3 is 2.23 bits per heavy atom. The molecule has 1 saturated carbocycles. The number of hydrogen-bond acceptors (Lipinski definition) is 6. The highest BCUT2D eigenvalue weighted by Crippen LogP contribution is 2.41. The maximum Gasteiger partial charge on any atom is 0.206 e. The number of rotatable bonds is 8. The van der Waals surface area contributed by atoms with Gasteiger partial charge in [-0.15, -0.1) is 11.3 Å². The van der Waals surface area contributed by atoms with E-state index in [1.54, 1.807) is 32.7 Å². The van der Waals surface area contributed by atoms with Crippen LogP contribution in [0.15, 0.2) is 27.6 Å². The van der Waals surface area contributed by atoms with Crippen molar-refractivity contribution >= 4 is 17.0 Å². The van der Waals surface area contributed by atoms with Gasteiger partial charge in [-0.1, -0.05) is 19.8 Å². The van der Waals surface area contributed by atoms with Gasteiger partial charge in [0.2, 0.25) is 10.6 Å². The first kappa shape index (κ1) is 23.4. The summed E-state index contributed by atoms with van der Waals surface area (Å²) < 4.78 is 18.6. The molecule has 3 rings (SSSR count). The van der Waals surface area contributed by atoms with E-state index in [1.807, 2.05) is 16.8 Å². The molecular formula is C24H35N3O3S. The highest BCUT2D eigenvalue weighted by Gasteiger charge is 2.20. The third-order valence-electron chi connectivity index (χ3n) is 5.64. The molecule has 0 radical (unpaired) electrons. The summed E-state index contributed by atoms with van der Waals surface area (Å²) in [4.78, 5) is 5.73. The molecule has 170 valence electrons. The number of hydrogen-bond donors (Lipinski definition) is 0. The number of benzene rings is 1. The van der Waals surface area contributed by atoms with Gasteiger partial charge >= 0.3 is 0 Å². The summed E-state index contributed by atoms with van der Waals surface area (Å²) in [6.45, 7) is 6.45. The van der Waals surface area contributed by atoms with Crippen molar-refractivity contribution in [1.82, 2.24) is 4.68 Å². The van der Waals surface area contributed by atoms with Crippen LogP contribution in [0.5, 0.6) is 17.2 Å². The van der Waals surface area contributed by atoms with Gasteiger partial charge in [0.15, 0.2) is 11.5 Å². The molecule has 0 atom stereocenters. The van der Waals surface area contributed by atoms with E-state index in [1.165, 1.54) is 31.4 Å². The number of thiazole rings is 1. The summed E-state index contributed by atoms with van der Waals surface area (Å²) in [6, 6.07) is 4.13. The van der Waals surface area contributed by atoms with E-state index < -0.39 is 0 Å². The lowest BCUT2D eigenvalue weighted by molar-refractivity contribution is 0.324. The molecule has 0 saturated heterocycles. The quantitative estimate of drug-likeness (QED) is 0.520. The minimum atomic E-state index is 0.193. The highest BCUT2D eigenvalue weighted by atomic mass is 32.1. The van der Waals surface area contributed by atoms with Crippen molar-refractivity contribution in [1.29, 1.82) is 0 Å². The third kappa shape index (κ3) is 5.50. The van der Waals surface area contributed by atoms with Crippen LogP contribution < -0.4 is 19.0 Å². The van der Waals surface area contributed by atoms with E-state index in [9.17, 15) is 0 Å². The lowest BCUT2D eigenvalue weighted by Gasteiger charge is -2.22. The standard InChI is InChI=1S/C24H35N3O3S/c1-7-8-17-9-11-19(12-10-17)26-27-20(15-31-24(27)25-16(2)3)18-13-21(28-4)23(30-6)22(14-18)29-5/h13-17H,7-12H2,1-6H3. The lowest BCUT2D eigenvalue weighted by Crippen LogP contribution is -2.20. The van der Waals surface area contributed by atoms with E-state index in [4.69, 9.17) is 24.3 Å². The van der Waals surface area contributed by atoms with Gasteiger partial charge in [-0.25, -0.2) is 4.68 Å². The van der Waals surface area contributed by atoms with Crippen molar-refractivity contribution in [3.63, 3.8) is 0 Å². The molecule has 2 aromatic rings. The minimum absolute atomic E-state index is 0.193. The Hall–Kier alpha value is -2.28. The normalized spacial score (nSPS) is 17.2. The van der Waals surface area contributed by atoms with Crippen LogP contribution in [0.2, 0.25) is 0 Å². The number of nitrogens with zero attached hydrogens (tertiary/aromatic N) is 3. The summed E-state index contributed by atoms with van der Waals surface area (Å²) in [5, 5.41) is 7.20. The molecule has 31 heavy (non-hydrogen) atoms. The van der Waals surface area contributed by atoms with Crippen LogP contribution in [0.1, 0.15) is 59.3 Å². The van der Waals surface area contributed by atoms with Crippen molar-refractivity contribution < 1.29 is 14.2 Å². The Balaban J connectivity index is 2.07. The first-order chi connectivity index (χ1) is 15.0. The fourth-order valence-corrected chi connectivity index (χ4v) is 5.05. The van der Waals surface area contributed by atoms with Gasteiger partial charge < -0.3 is 14.2 Å². The van der Waals surface area contributed by atoms with Gasteiger partial charge in [-0.05, 0) is 57.6 Å². The topological polar surface area (TPSA) is 57.3 Å². The zero-order valence-corrected chi connectivity index (χ0v) is 20.4.